The highest BCUT2D eigenvalue weighted by atomic mass is 32.1. The van der Waals surface area contributed by atoms with E-state index in [4.69, 9.17) is 4.74 Å². The quantitative estimate of drug-likeness (QED) is 0.898. The highest BCUT2D eigenvalue weighted by molar-refractivity contribution is 7.10. The number of fused-ring (bicyclic) bond motifs is 1. The van der Waals surface area contributed by atoms with Crippen molar-refractivity contribution in [3.63, 3.8) is 0 Å². The molecular formula is C15H18N2OS. The fraction of sp³-hybridized carbons (Fsp3) is 0.333. The van der Waals surface area contributed by atoms with Crippen molar-refractivity contribution >= 4 is 17.0 Å². The molecule has 0 amide bonds. The Bertz CT molecular complexity index is 565. The van der Waals surface area contributed by atoms with Crippen molar-refractivity contribution in [3.05, 3.63) is 45.6 Å². The highest BCUT2D eigenvalue weighted by Gasteiger charge is 2.13. The van der Waals surface area contributed by atoms with Gasteiger partial charge in [0.15, 0.2) is 0 Å². The predicted molar refractivity (Wildman–Crippen MR) is 80.0 cm³/mol. The summed E-state index contributed by atoms with van der Waals surface area (Å²) in [6.45, 7) is 5.54. The summed E-state index contributed by atoms with van der Waals surface area (Å²) in [6.07, 6.45) is 0. The number of para-hydroxylation sites is 1. The van der Waals surface area contributed by atoms with E-state index in [0.717, 1.165) is 37.7 Å². The molecule has 0 atom stereocenters. The molecule has 1 aliphatic heterocycles. The van der Waals surface area contributed by atoms with Crippen molar-refractivity contribution in [2.45, 2.75) is 20.0 Å². The average molecular weight is 274 g/mol. The molecule has 1 aromatic carbocycles. The molecule has 2 N–H and O–H groups in total. The van der Waals surface area contributed by atoms with Crippen LogP contribution in [-0.2, 0) is 13.1 Å². The van der Waals surface area contributed by atoms with E-state index in [0.29, 0.717) is 0 Å². The molecule has 0 radical (unpaired) electrons. The van der Waals surface area contributed by atoms with Crippen molar-refractivity contribution in [1.82, 2.24) is 5.32 Å². The number of ether oxygens (including phenoxy) is 1. The van der Waals surface area contributed by atoms with E-state index in [1.165, 1.54) is 16.0 Å². The maximum absolute atomic E-state index is 5.77. The Balaban J connectivity index is 1.66. The smallest absolute Gasteiger partial charge is 0.146 e. The summed E-state index contributed by atoms with van der Waals surface area (Å²) >= 11 is 1.81. The second-order valence-electron chi connectivity index (χ2n) is 4.70. The van der Waals surface area contributed by atoms with Crippen LogP contribution in [0.1, 0.15) is 16.0 Å². The van der Waals surface area contributed by atoms with Crippen molar-refractivity contribution in [1.29, 1.82) is 0 Å². The number of hydrogen-bond acceptors (Lipinski definition) is 4. The minimum Gasteiger partial charge on any atom is -0.489 e. The second-order valence-corrected chi connectivity index (χ2v) is 5.70. The van der Waals surface area contributed by atoms with Gasteiger partial charge in [-0.1, -0.05) is 12.1 Å². The van der Waals surface area contributed by atoms with Gasteiger partial charge in [0.1, 0.15) is 12.4 Å². The lowest BCUT2D eigenvalue weighted by Crippen LogP contribution is -2.20. The molecule has 0 spiro atoms. The van der Waals surface area contributed by atoms with E-state index in [-0.39, 0.29) is 0 Å². The Morgan fingerprint density at radius 1 is 1.32 bits per heavy atom. The van der Waals surface area contributed by atoms with Crippen LogP contribution in [0.5, 0.6) is 5.75 Å². The van der Waals surface area contributed by atoms with Gasteiger partial charge in [-0.25, -0.2) is 0 Å². The molecule has 0 saturated heterocycles. The lowest BCUT2D eigenvalue weighted by molar-refractivity contribution is 0.319. The second kappa shape index (κ2) is 5.63. The molecule has 0 saturated carbocycles. The summed E-state index contributed by atoms with van der Waals surface area (Å²) in [5.41, 5.74) is 3.70. The lowest BCUT2D eigenvalue weighted by Gasteiger charge is -2.21. The summed E-state index contributed by atoms with van der Waals surface area (Å²) in [5, 5.41) is 9.01. The summed E-state index contributed by atoms with van der Waals surface area (Å²) < 4.78 is 5.77. The molecule has 0 aliphatic carbocycles. The Morgan fingerprint density at radius 3 is 3.11 bits per heavy atom. The number of benzene rings is 1. The van der Waals surface area contributed by atoms with E-state index in [1.54, 1.807) is 0 Å². The van der Waals surface area contributed by atoms with Crippen LogP contribution in [0.25, 0.3) is 0 Å². The zero-order valence-electron chi connectivity index (χ0n) is 11.0. The van der Waals surface area contributed by atoms with Gasteiger partial charge in [0.2, 0.25) is 0 Å². The molecule has 0 bridgehead atoms. The van der Waals surface area contributed by atoms with E-state index >= 15 is 0 Å². The van der Waals surface area contributed by atoms with E-state index in [1.807, 2.05) is 11.3 Å². The summed E-state index contributed by atoms with van der Waals surface area (Å²) in [7, 11) is 0. The van der Waals surface area contributed by atoms with Gasteiger partial charge in [-0.15, -0.1) is 11.3 Å². The first kappa shape index (κ1) is 12.5. The van der Waals surface area contributed by atoms with Gasteiger partial charge in [0.25, 0.3) is 0 Å². The van der Waals surface area contributed by atoms with Crippen molar-refractivity contribution < 1.29 is 4.74 Å². The third-order valence-corrected chi connectivity index (χ3v) is 4.35. The molecule has 3 nitrogen and oxygen atoms in total. The standard InChI is InChI=1S/C15H18N2OS/c1-11-5-8-19-14(11)10-16-9-12-3-2-4-13-15(12)18-7-6-17-13/h2-5,8,16-17H,6-7,9-10H2,1H3. The number of aryl methyl sites for hydroxylation is 1. The average Bonchev–Trinajstić information content (AvgIpc) is 2.85. The zero-order valence-corrected chi connectivity index (χ0v) is 11.8. The summed E-state index contributed by atoms with van der Waals surface area (Å²) in [6, 6.07) is 8.44. The molecule has 1 aromatic heterocycles. The molecular weight excluding hydrogens is 256 g/mol. The van der Waals surface area contributed by atoms with Gasteiger partial charge in [0.05, 0.1) is 5.69 Å². The van der Waals surface area contributed by atoms with Gasteiger partial charge >= 0.3 is 0 Å². The molecule has 19 heavy (non-hydrogen) atoms. The largest absolute Gasteiger partial charge is 0.489 e. The van der Waals surface area contributed by atoms with Crippen LogP contribution in [0.2, 0.25) is 0 Å². The molecule has 0 unspecified atom stereocenters. The third kappa shape index (κ3) is 2.74. The fourth-order valence-electron chi connectivity index (χ4n) is 2.27. The molecule has 100 valence electrons. The third-order valence-electron chi connectivity index (χ3n) is 3.33. The van der Waals surface area contributed by atoms with Crippen molar-refractivity contribution in [2.75, 3.05) is 18.5 Å². The van der Waals surface area contributed by atoms with Crippen LogP contribution in [0, 0.1) is 6.92 Å². The minimum absolute atomic E-state index is 0.744. The van der Waals surface area contributed by atoms with Gasteiger partial charge in [-0.2, -0.15) is 0 Å². The first-order chi connectivity index (χ1) is 9.34. The van der Waals surface area contributed by atoms with Crippen LogP contribution in [0.15, 0.2) is 29.6 Å². The molecule has 0 fully saturated rings. The molecule has 3 rings (SSSR count). The van der Waals surface area contributed by atoms with E-state index < -0.39 is 0 Å². The van der Waals surface area contributed by atoms with Crippen LogP contribution < -0.4 is 15.4 Å². The maximum atomic E-state index is 5.77. The molecule has 2 aromatic rings. The van der Waals surface area contributed by atoms with Gasteiger partial charge in [0, 0.05) is 30.1 Å². The topological polar surface area (TPSA) is 33.3 Å². The highest BCUT2D eigenvalue weighted by Crippen LogP contribution is 2.31. The SMILES string of the molecule is Cc1ccsc1CNCc1cccc2c1OCCN2. The summed E-state index contributed by atoms with van der Waals surface area (Å²) in [4.78, 5) is 1.41. The Morgan fingerprint density at radius 2 is 2.26 bits per heavy atom. The summed E-state index contributed by atoms with van der Waals surface area (Å²) in [5.74, 6) is 1.00. The van der Waals surface area contributed by atoms with Crippen molar-refractivity contribution in [3.8, 4) is 5.75 Å². The molecule has 1 aliphatic rings. The van der Waals surface area contributed by atoms with Gasteiger partial charge in [-0.05, 0) is 30.0 Å². The first-order valence-corrected chi connectivity index (χ1v) is 7.45. The van der Waals surface area contributed by atoms with Gasteiger partial charge in [-0.3, -0.25) is 0 Å². The number of anilines is 1. The number of rotatable bonds is 4. The van der Waals surface area contributed by atoms with Crippen LogP contribution in [-0.4, -0.2) is 13.2 Å². The van der Waals surface area contributed by atoms with E-state index in [2.05, 4.69) is 47.2 Å². The number of thiophene rings is 1. The first-order valence-electron chi connectivity index (χ1n) is 6.57. The predicted octanol–water partition coefficient (Wildman–Crippen LogP) is 3.15. The van der Waals surface area contributed by atoms with Gasteiger partial charge < -0.3 is 15.4 Å². The molecule has 2 heterocycles. The Kier molecular flexibility index (Phi) is 3.71. The maximum Gasteiger partial charge on any atom is 0.146 e. The number of hydrogen-bond donors (Lipinski definition) is 2. The Hall–Kier alpha value is -1.52. The lowest BCUT2D eigenvalue weighted by atomic mass is 10.1. The van der Waals surface area contributed by atoms with Crippen LogP contribution >= 0.6 is 11.3 Å². The normalized spacial score (nSPS) is 13.5. The van der Waals surface area contributed by atoms with E-state index in [9.17, 15) is 0 Å². The molecule has 4 heteroatoms. The minimum atomic E-state index is 0.744. The Labute approximate surface area is 117 Å². The van der Waals surface area contributed by atoms with Crippen LogP contribution in [0.4, 0.5) is 5.69 Å². The van der Waals surface area contributed by atoms with Crippen molar-refractivity contribution in [2.24, 2.45) is 0 Å². The fourth-order valence-corrected chi connectivity index (χ4v) is 3.14. The monoisotopic (exact) mass is 274 g/mol. The number of nitrogens with one attached hydrogen (secondary N) is 2. The zero-order chi connectivity index (χ0) is 13.1. The van der Waals surface area contributed by atoms with Crippen LogP contribution in [0.3, 0.4) is 0 Å².